The van der Waals surface area contributed by atoms with Crippen LogP contribution in [0.4, 0.5) is 5.69 Å². The number of sulfonamides is 1. The number of carbonyl (C=O) groups is 2. The summed E-state index contributed by atoms with van der Waals surface area (Å²) in [6.07, 6.45) is 2.13. The summed E-state index contributed by atoms with van der Waals surface area (Å²) in [4.78, 5) is 28.6. The fourth-order valence-electron chi connectivity index (χ4n) is 4.25. The van der Waals surface area contributed by atoms with Gasteiger partial charge < -0.3 is 19.7 Å². The lowest BCUT2D eigenvalue weighted by molar-refractivity contribution is -0.140. The molecular formula is C31H39N3O6S. The molecule has 10 heteroatoms. The van der Waals surface area contributed by atoms with Gasteiger partial charge in [-0.05, 0) is 73.9 Å². The molecule has 0 aromatic heterocycles. The van der Waals surface area contributed by atoms with Crippen molar-refractivity contribution < 1.29 is 27.5 Å². The lowest BCUT2D eigenvalue weighted by atomic mass is 10.1. The molecule has 0 heterocycles. The first-order valence-corrected chi connectivity index (χ1v) is 15.4. The molecule has 1 N–H and O–H groups in total. The summed E-state index contributed by atoms with van der Waals surface area (Å²) in [6, 6.07) is 22.0. The van der Waals surface area contributed by atoms with Crippen LogP contribution in [0.3, 0.4) is 0 Å². The summed E-state index contributed by atoms with van der Waals surface area (Å²) in [5.41, 5.74) is 1.06. The molecule has 0 aliphatic rings. The largest absolute Gasteiger partial charge is 0.497 e. The summed E-state index contributed by atoms with van der Waals surface area (Å²) in [5.74, 6) is 0.986. The Kier molecular flexibility index (Phi) is 11.2. The van der Waals surface area contributed by atoms with Crippen LogP contribution in [0.15, 0.2) is 78.9 Å². The Hall–Kier alpha value is -4.05. The highest BCUT2D eigenvalue weighted by Gasteiger charge is 2.32. The first kappa shape index (κ1) is 31.5. The van der Waals surface area contributed by atoms with Gasteiger partial charge >= 0.3 is 0 Å². The molecule has 220 valence electrons. The Morgan fingerprint density at radius 2 is 1.51 bits per heavy atom. The molecule has 3 rings (SSSR count). The molecule has 9 nitrogen and oxygen atoms in total. The second kappa shape index (κ2) is 14.5. The topological polar surface area (TPSA) is 105 Å². The van der Waals surface area contributed by atoms with Crippen LogP contribution in [-0.4, -0.2) is 57.1 Å². The van der Waals surface area contributed by atoms with Gasteiger partial charge in [0.25, 0.3) is 0 Å². The van der Waals surface area contributed by atoms with E-state index in [0.29, 0.717) is 29.4 Å². The van der Waals surface area contributed by atoms with Crippen molar-refractivity contribution >= 4 is 27.5 Å². The monoisotopic (exact) mass is 581 g/mol. The molecule has 0 aliphatic heterocycles. The number of methoxy groups -OCH3 is 1. The average molecular weight is 582 g/mol. The number of anilines is 1. The summed E-state index contributed by atoms with van der Waals surface area (Å²) >= 11 is 0. The lowest BCUT2D eigenvalue weighted by Crippen LogP contribution is -2.53. The molecule has 2 atom stereocenters. The van der Waals surface area contributed by atoms with Crippen LogP contribution in [0.5, 0.6) is 17.2 Å². The molecule has 0 saturated heterocycles. The van der Waals surface area contributed by atoms with Crippen LogP contribution in [0.2, 0.25) is 0 Å². The molecule has 3 aromatic rings. The minimum absolute atomic E-state index is 0.0746. The molecule has 0 aliphatic carbocycles. The van der Waals surface area contributed by atoms with Gasteiger partial charge in [0, 0.05) is 12.6 Å². The molecule has 41 heavy (non-hydrogen) atoms. The zero-order chi connectivity index (χ0) is 30.0. The van der Waals surface area contributed by atoms with Gasteiger partial charge in [-0.2, -0.15) is 0 Å². The van der Waals surface area contributed by atoms with E-state index in [9.17, 15) is 18.0 Å². The maximum atomic E-state index is 13.9. The van der Waals surface area contributed by atoms with Crippen molar-refractivity contribution in [2.75, 3.05) is 24.2 Å². The summed E-state index contributed by atoms with van der Waals surface area (Å²) in [6.45, 7) is 5.31. The normalized spacial score (nSPS) is 12.6. The fourth-order valence-corrected chi connectivity index (χ4v) is 5.10. The summed E-state index contributed by atoms with van der Waals surface area (Å²) in [7, 11) is -2.30. The van der Waals surface area contributed by atoms with E-state index in [2.05, 4.69) is 5.32 Å². The van der Waals surface area contributed by atoms with Gasteiger partial charge in [0.15, 0.2) is 0 Å². The molecule has 2 amide bonds. The average Bonchev–Trinajstić information content (AvgIpc) is 2.96. The smallest absolute Gasteiger partial charge is 0.244 e. The number of hydrogen-bond donors (Lipinski definition) is 1. The first-order chi connectivity index (χ1) is 19.5. The Morgan fingerprint density at radius 1 is 0.878 bits per heavy atom. The van der Waals surface area contributed by atoms with Crippen LogP contribution < -0.4 is 19.1 Å². The third kappa shape index (κ3) is 8.97. The highest BCUT2D eigenvalue weighted by molar-refractivity contribution is 7.92. The van der Waals surface area contributed by atoms with Gasteiger partial charge in [-0.25, -0.2) is 8.42 Å². The van der Waals surface area contributed by atoms with Gasteiger partial charge in [-0.1, -0.05) is 44.2 Å². The second-order valence-corrected chi connectivity index (χ2v) is 11.7. The Bertz CT molecular complexity index is 1400. The van der Waals surface area contributed by atoms with Crippen LogP contribution in [0.25, 0.3) is 0 Å². The van der Waals surface area contributed by atoms with Crippen molar-refractivity contribution in [1.82, 2.24) is 10.2 Å². The number of para-hydroxylation sites is 1. The van der Waals surface area contributed by atoms with Gasteiger partial charge in [0.05, 0.1) is 19.1 Å². The van der Waals surface area contributed by atoms with Gasteiger partial charge in [0.2, 0.25) is 21.8 Å². The van der Waals surface area contributed by atoms with Crippen molar-refractivity contribution in [2.45, 2.75) is 52.2 Å². The third-order valence-electron chi connectivity index (χ3n) is 6.66. The van der Waals surface area contributed by atoms with Gasteiger partial charge in [-0.15, -0.1) is 0 Å². The number of amides is 2. The van der Waals surface area contributed by atoms with Crippen LogP contribution in [0, 0.1) is 0 Å². The van der Waals surface area contributed by atoms with E-state index in [4.69, 9.17) is 9.47 Å². The minimum Gasteiger partial charge on any atom is -0.497 e. The van der Waals surface area contributed by atoms with E-state index < -0.39 is 28.5 Å². The van der Waals surface area contributed by atoms with Crippen LogP contribution in [0.1, 0.15) is 39.2 Å². The maximum absolute atomic E-state index is 13.9. The summed E-state index contributed by atoms with van der Waals surface area (Å²) < 4.78 is 38.0. The van der Waals surface area contributed by atoms with E-state index in [0.717, 1.165) is 22.5 Å². The third-order valence-corrected chi connectivity index (χ3v) is 7.80. The zero-order valence-corrected chi connectivity index (χ0v) is 25.1. The van der Waals surface area contributed by atoms with E-state index >= 15 is 0 Å². The van der Waals surface area contributed by atoms with Crippen molar-refractivity contribution in [3.8, 4) is 17.2 Å². The van der Waals surface area contributed by atoms with Crippen molar-refractivity contribution in [1.29, 1.82) is 0 Å². The number of hydrogen-bond acceptors (Lipinski definition) is 6. The summed E-state index contributed by atoms with van der Waals surface area (Å²) in [5, 5.41) is 2.96. The Balaban J connectivity index is 1.91. The molecule has 3 aromatic carbocycles. The quantitative estimate of drug-likeness (QED) is 0.288. The van der Waals surface area contributed by atoms with E-state index in [-0.39, 0.29) is 18.5 Å². The Labute approximate surface area is 243 Å². The predicted molar refractivity (Wildman–Crippen MR) is 161 cm³/mol. The standard InChI is InChI=1S/C31H39N3O6S/c1-6-23(3)32-31(36)29(7-2)33(21-24-12-11-15-28(20-24)39-4)30(35)22-34(41(5,37)38)25-16-18-27(19-17-25)40-26-13-9-8-10-14-26/h8-20,23,29H,6-7,21-22H2,1-5H3,(H,32,36)/t23-,29+/m1/s1. The van der Waals surface area contributed by atoms with E-state index in [1.54, 1.807) is 49.6 Å². The Morgan fingerprint density at radius 3 is 2.10 bits per heavy atom. The van der Waals surface area contributed by atoms with Crippen LogP contribution in [-0.2, 0) is 26.2 Å². The molecule has 0 unspecified atom stereocenters. The number of ether oxygens (including phenoxy) is 2. The molecule has 0 fully saturated rings. The molecule has 0 bridgehead atoms. The lowest BCUT2D eigenvalue weighted by Gasteiger charge is -2.33. The SMILES string of the molecule is CC[C@@H](C)NC(=O)[C@H](CC)N(Cc1cccc(OC)c1)C(=O)CN(c1ccc(Oc2ccccc2)cc1)S(C)(=O)=O. The van der Waals surface area contributed by atoms with E-state index in [1.807, 2.05) is 57.2 Å². The van der Waals surface area contributed by atoms with Crippen molar-refractivity contribution in [2.24, 2.45) is 0 Å². The van der Waals surface area contributed by atoms with Crippen molar-refractivity contribution in [3.63, 3.8) is 0 Å². The zero-order valence-electron chi connectivity index (χ0n) is 24.2. The molecule has 0 radical (unpaired) electrons. The molecular weight excluding hydrogens is 542 g/mol. The number of carbonyl (C=O) groups excluding carboxylic acids is 2. The van der Waals surface area contributed by atoms with Crippen LogP contribution >= 0.6 is 0 Å². The number of rotatable bonds is 14. The molecule has 0 saturated carbocycles. The van der Waals surface area contributed by atoms with Crippen molar-refractivity contribution in [3.05, 3.63) is 84.4 Å². The number of nitrogens with one attached hydrogen (secondary N) is 1. The predicted octanol–water partition coefficient (Wildman–Crippen LogP) is 4.98. The number of nitrogens with zero attached hydrogens (tertiary/aromatic N) is 2. The highest BCUT2D eigenvalue weighted by Crippen LogP contribution is 2.26. The minimum atomic E-state index is -3.85. The van der Waals surface area contributed by atoms with E-state index in [1.165, 1.54) is 4.90 Å². The first-order valence-electron chi connectivity index (χ1n) is 13.6. The number of benzene rings is 3. The van der Waals surface area contributed by atoms with Gasteiger partial charge in [0.1, 0.15) is 29.8 Å². The fraction of sp³-hybridized carbons (Fsp3) is 0.355. The second-order valence-electron chi connectivity index (χ2n) is 9.79. The highest BCUT2D eigenvalue weighted by atomic mass is 32.2. The molecule has 0 spiro atoms. The maximum Gasteiger partial charge on any atom is 0.244 e. The van der Waals surface area contributed by atoms with Gasteiger partial charge in [-0.3, -0.25) is 13.9 Å².